The van der Waals surface area contributed by atoms with Crippen molar-refractivity contribution in [1.82, 2.24) is 0 Å². The molecule has 2 aliphatic carbocycles. The first-order valence-corrected chi connectivity index (χ1v) is 12.2. The Morgan fingerprint density at radius 2 is 2.00 bits per heavy atom. The Bertz CT molecular complexity index is 913. The number of fused-ring (bicyclic) bond motifs is 2. The number of aryl methyl sites for hydroxylation is 1. The summed E-state index contributed by atoms with van der Waals surface area (Å²) in [6.45, 7) is 12.2. The molecule has 0 aliphatic heterocycles. The molecule has 3 rings (SSSR count). The van der Waals surface area contributed by atoms with Crippen molar-refractivity contribution in [3.63, 3.8) is 0 Å². The molecule has 0 spiro atoms. The van der Waals surface area contributed by atoms with Crippen molar-refractivity contribution in [1.29, 1.82) is 0 Å². The highest BCUT2D eigenvalue weighted by Gasteiger charge is 2.63. The molecule has 5 atom stereocenters. The molecular weight excluding hydrogens is 412 g/mol. The van der Waals surface area contributed by atoms with E-state index in [1.807, 2.05) is 20.1 Å². The Hall–Kier alpha value is -1.95. The zero-order valence-electron chi connectivity index (χ0n) is 19.6. The van der Waals surface area contributed by atoms with E-state index in [1.54, 1.807) is 24.7 Å². The highest BCUT2D eigenvalue weighted by atomic mass is 32.2. The Labute approximate surface area is 189 Å². The van der Waals surface area contributed by atoms with Gasteiger partial charge in [0.1, 0.15) is 18.0 Å². The van der Waals surface area contributed by atoms with E-state index in [0.717, 1.165) is 36.1 Å². The summed E-state index contributed by atoms with van der Waals surface area (Å²) >= 11 is 1.46. The Balaban J connectivity index is 2.04. The summed E-state index contributed by atoms with van der Waals surface area (Å²) in [5.41, 5.74) is 1.95. The molecule has 0 saturated heterocycles. The summed E-state index contributed by atoms with van der Waals surface area (Å²) < 4.78 is 18.0. The molecule has 0 amide bonds. The van der Waals surface area contributed by atoms with E-state index >= 15 is 0 Å². The van der Waals surface area contributed by atoms with Crippen LogP contribution in [0.5, 0.6) is 0 Å². The minimum Gasteiger partial charge on any atom is -0.469 e. The highest BCUT2D eigenvalue weighted by molar-refractivity contribution is 8.01. The molecule has 1 aromatic heterocycles. The topological polar surface area (TPSA) is 65.7 Å². The predicted octanol–water partition coefficient (Wildman–Crippen LogP) is 5.93. The monoisotopic (exact) mass is 446 g/mol. The van der Waals surface area contributed by atoms with Gasteiger partial charge in [0.2, 0.25) is 0 Å². The van der Waals surface area contributed by atoms with Crippen molar-refractivity contribution in [3.05, 3.63) is 46.3 Å². The lowest BCUT2D eigenvalue weighted by Crippen LogP contribution is -2.58. The number of allylic oxidation sites excluding steroid dienone is 1. The standard InChI is InChI=1S/C25H34O5S/c1-8-15(2)23(27)30-22-21-16(3)14-28-19(21)13-24(5)11-9-18(17(4)25(22,24)6)29-20(26)10-12-31-7/h8,10,12,14,17-18,22H,9,11,13H2,1-7H3/t17-,18+,22-,24-,25-/m0/s1. The van der Waals surface area contributed by atoms with Gasteiger partial charge in [-0.1, -0.05) is 26.8 Å². The average molecular weight is 447 g/mol. The molecule has 0 radical (unpaired) electrons. The lowest BCUT2D eigenvalue weighted by Gasteiger charge is -2.60. The normalized spacial score (nSPS) is 33.0. The van der Waals surface area contributed by atoms with Crippen molar-refractivity contribution in [2.75, 3.05) is 6.26 Å². The van der Waals surface area contributed by atoms with Crippen molar-refractivity contribution >= 4 is 23.7 Å². The lowest BCUT2D eigenvalue weighted by molar-refractivity contribution is -0.202. The summed E-state index contributed by atoms with van der Waals surface area (Å²) in [6.07, 6.45) is 8.59. The first kappa shape index (κ1) is 23.7. The Kier molecular flexibility index (Phi) is 6.80. The maximum atomic E-state index is 12.9. The molecule has 0 N–H and O–H groups in total. The third-order valence-corrected chi connectivity index (χ3v) is 8.24. The second kappa shape index (κ2) is 8.89. The van der Waals surface area contributed by atoms with Crippen molar-refractivity contribution in [2.45, 2.75) is 73.0 Å². The van der Waals surface area contributed by atoms with Crippen LogP contribution >= 0.6 is 11.8 Å². The van der Waals surface area contributed by atoms with Crippen LogP contribution in [0.1, 0.15) is 70.5 Å². The van der Waals surface area contributed by atoms with Crippen molar-refractivity contribution < 1.29 is 23.5 Å². The van der Waals surface area contributed by atoms with Gasteiger partial charge >= 0.3 is 11.9 Å². The fourth-order valence-corrected chi connectivity index (χ4v) is 5.62. The van der Waals surface area contributed by atoms with E-state index in [9.17, 15) is 9.59 Å². The van der Waals surface area contributed by atoms with Gasteiger partial charge in [0.05, 0.1) is 6.26 Å². The van der Waals surface area contributed by atoms with Gasteiger partial charge in [0.25, 0.3) is 0 Å². The fourth-order valence-electron chi connectivity index (χ4n) is 5.37. The summed E-state index contributed by atoms with van der Waals surface area (Å²) in [5.74, 6) is 0.245. The second-order valence-corrected chi connectivity index (χ2v) is 10.1. The zero-order valence-corrected chi connectivity index (χ0v) is 20.4. The van der Waals surface area contributed by atoms with E-state index in [1.165, 1.54) is 17.8 Å². The number of ether oxygens (including phenoxy) is 2. The maximum absolute atomic E-state index is 12.9. The molecule has 0 aromatic carbocycles. The molecular formula is C25H34O5S. The van der Waals surface area contributed by atoms with Crippen LogP contribution in [0.3, 0.4) is 0 Å². The minimum atomic E-state index is -0.472. The number of thioether (sulfide) groups is 1. The van der Waals surface area contributed by atoms with Crippen LogP contribution in [0.2, 0.25) is 0 Å². The number of hydrogen-bond donors (Lipinski definition) is 0. The third-order valence-electron chi connectivity index (χ3n) is 7.83. The van der Waals surface area contributed by atoms with Crippen LogP contribution in [0.15, 0.2) is 33.8 Å². The Morgan fingerprint density at radius 1 is 1.29 bits per heavy atom. The molecule has 2 aliphatic rings. The van der Waals surface area contributed by atoms with Gasteiger partial charge in [0.15, 0.2) is 0 Å². The van der Waals surface area contributed by atoms with E-state index < -0.39 is 11.5 Å². The van der Waals surface area contributed by atoms with Crippen molar-refractivity contribution in [3.8, 4) is 0 Å². The maximum Gasteiger partial charge on any atom is 0.334 e. The fraction of sp³-hybridized carbons (Fsp3) is 0.600. The van der Waals surface area contributed by atoms with Gasteiger partial charge in [-0.3, -0.25) is 0 Å². The molecule has 6 heteroatoms. The van der Waals surface area contributed by atoms with Crippen LogP contribution in [0, 0.1) is 23.7 Å². The molecule has 1 saturated carbocycles. The SMILES string of the molecule is CC=C(C)C(=O)O[C@H]1c2c(C)coc2C[C@]2(C)CC[C@@H](OC(=O)C=CSC)[C@H](C)[C@@]12C. The van der Waals surface area contributed by atoms with E-state index in [-0.39, 0.29) is 29.4 Å². The van der Waals surface area contributed by atoms with Crippen LogP contribution in [0.4, 0.5) is 0 Å². The molecule has 1 heterocycles. The Morgan fingerprint density at radius 3 is 2.65 bits per heavy atom. The smallest absolute Gasteiger partial charge is 0.334 e. The number of esters is 2. The summed E-state index contributed by atoms with van der Waals surface area (Å²) in [5, 5.41) is 1.73. The molecule has 1 fully saturated rings. The molecule has 31 heavy (non-hydrogen) atoms. The van der Waals surface area contributed by atoms with Crippen molar-refractivity contribution in [2.24, 2.45) is 16.7 Å². The van der Waals surface area contributed by atoms with Crippen LogP contribution in [-0.4, -0.2) is 24.3 Å². The number of hydrogen-bond acceptors (Lipinski definition) is 6. The lowest BCUT2D eigenvalue weighted by atomic mass is 9.46. The van der Waals surface area contributed by atoms with Gasteiger partial charge in [-0.25, -0.2) is 9.59 Å². The van der Waals surface area contributed by atoms with Gasteiger partial charge in [-0.15, -0.1) is 11.8 Å². The molecule has 170 valence electrons. The number of carbonyl (C=O) groups is 2. The summed E-state index contributed by atoms with van der Waals surface area (Å²) in [6, 6.07) is 0. The quantitative estimate of drug-likeness (QED) is 0.413. The van der Waals surface area contributed by atoms with Crippen LogP contribution in [0.25, 0.3) is 0 Å². The summed E-state index contributed by atoms with van der Waals surface area (Å²) in [4.78, 5) is 25.2. The number of furan rings is 1. The minimum absolute atomic E-state index is 0.0101. The number of carbonyl (C=O) groups excluding carboxylic acids is 2. The van der Waals surface area contributed by atoms with Gasteiger partial charge < -0.3 is 13.9 Å². The predicted molar refractivity (Wildman–Crippen MR) is 123 cm³/mol. The molecule has 1 aromatic rings. The highest BCUT2D eigenvalue weighted by Crippen LogP contribution is 2.65. The number of rotatable bonds is 5. The van der Waals surface area contributed by atoms with E-state index in [2.05, 4.69) is 20.8 Å². The van der Waals surface area contributed by atoms with Gasteiger partial charge in [-0.05, 0) is 56.3 Å². The largest absolute Gasteiger partial charge is 0.469 e. The van der Waals surface area contributed by atoms with E-state index in [4.69, 9.17) is 13.9 Å². The van der Waals surface area contributed by atoms with E-state index in [0.29, 0.717) is 5.57 Å². The van der Waals surface area contributed by atoms with Crippen LogP contribution in [-0.2, 0) is 25.5 Å². The third kappa shape index (κ3) is 3.99. The molecule has 5 nitrogen and oxygen atoms in total. The second-order valence-electron chi connectivity index (χ2n) is 9.37. The zero-order chi connectivity index (χ0) is 23.0. The summed E-state index contributed by atoms with van der Waals surface area (Å²) in [7, 11) is 0. The van der Waals surface area contributed by atoms with Gasteiger partial charge in [-0.2, -0.15) is 0 Å². The first-order valence-electron chi connectivity index (χ1n) is 10.9. The molecule has 0 bridgehead atoms. The average Bonchev–Trinajstić information content (AvgIpc) is 3.09. The molecule has 0 unspecified atom stereocenters. The van der Waals surface area contributed by atoms with Crippen LogP contribution < -0.4 is 0 Å². The van der Waals surface area contributed by atoms with Gasteiger partial charge in [0, 0.05) is 35.0 Å². The first-order chi connectivity index (χ1) is 14.6.